The lowest BCUT2D eigenvalue weighted by molar-refractivity contribution is -0.134. The quantitative estimate of drug-likeness (QED) is 0.552. The number of hydrogen-bond donors (Lipinski definition) is 0. The summed E-state index contributed by atoms with van der Waals surface area (Å²) in [7, 11) is -2.22. The van der Waals surface area contributed by atoms with Crippen LogP contribution in [0.15, 0.2) is 53.4 Å². The number of hydrogen-bond acceptors (Lipinski definition) is 7. The molecule has 0 spiro atoms. The molecule has 3 aromatic rings. The van der Waals surface area contributed by atoms with Gasteiger partial charge in [-0.2, -0.15) is 4.31 Å². The van der Waals surface area contributed by atoms with Gasteiger partial charge in [-0.3, -0.25) is 4.79 Å². The van der Waals surface area contributed by atoms with Crippen LogP contribution in [0.2, 0.25) is 0 Å². The van der Waals surface area contributed by atoms with Gasteiger partial charge >= 0.3 is 0 Å². The first kappa shape index (κ1) is 22.1. The van der Waals surface area contributed by atoms with Crippen LogP contribution in [0.3, 0.4) is 0 Å². The molecule has 10 heteroatoms. The van der Waals surface area contributed by atoms with E-state index in [4.69, 9.17) is 9.72 Å². The fraction of sp³-hybridized carbons (Fsp3) is 0.391. The van der Waals surface area contributed by atoms with Crippen LogP contribution in [-0.4, -0.2) is 74.4 Å². The molecule has 1 amide bonds. The number of benzene rings is 2. The van der Waals surface area contributed by atoms with Gasteiger partial charge in [-0.15, -0.1) is 0 Å². The second-order valence-corrected chi connectivity index (χ2v) is 11.1. The van der Waals surface area contributed by atoms with E-state index in [1.807, 2.05) is 18.2 Å². The molecule has 8 nitrogen and oxygen atoms in total. The van der Waals surface area contributed by atoms with Crippen molar-refractivity contribution in [3.8, 4) is 5.75 Å². The molecule has 2 aromatic carbocycles. The minimum atomic E-state index is -3.75. The highest BCUT2D eigenvalue weighted by Gasteiger charge is 2.41. The molecule has 1 atom stereocenters. The first-order chi connectivity index (χ1) is 16.0. The summed E-state index contributed by atoms with van der Waals surface area (Å²) in [5.41, 5.74) is 0.987. The summed E-state index contributed by atoms with van der Waals surface area (Å²) in [6, 6.07) is 13.7. The Morgan fingerprint density at radius 2 is 1.76 bits per heavy atom. The highest BCUT2D eigenvalue weighted by atomic mass is 32.2. The molecule has 2 aliphatic rings. The number of carbonyl (C=O) groups is 1. The Morgan fingerprint density at radius 1 is 1.03 bits per heavy atom. The maximum atomic E-state index is 13.3. The predicted molar refractivity (Wildman–Crippen MR) is 128 cm³/mol. The molecule has 0 unspecified atom stereocenters. The third kappa shape index (κ3) is 4.18. The zero-order valence-electron chi connectivity index (χ0n) is 18.4. The van der Waals surface area contributed by atoms with Gasteiger partial charge < -0.3 is 14.5 Å². The Labute approximate surface area is 197 Å². The van der Waals surface area contributed by atoms with E-state index >= 15 is 0 Å². The number of aromatic nitrogens is 1. The average molecular weight is 487 g/mol. The van der Waals surface area contributed by atoms with Crippen LogP contribution in [0, 0.1) is 0 Å². The molecule has 2 aliphatic heterocycles. The van der Waals surface area contributed by atoms with Crippen LogP contribution < -0.4 is 9.64 Å². The number of nitrogens with zero attached hydrogens (tertiary/aromatic N) is 4. The minimum absolute atomic E-state index is 0.103. The van der Waals surface area contributed by atoms with Gasteiger partial charge in [0, 0.05) is 32.7 Å². The molecule has 174 valence electrons. The highest BCUT2D eigenvalue weighted by Crippen LogP contribution is 2.31. The average Bonchev–Trinajstić information content (AvgIpc) is 3.52. The molecule has 0 radical (unpaired) electrons. The zero-order valence-corrected chi connectivity index (χ0v) is 20.0. The van der Waals surface area contributed by atoms with Crippen molar-refractivity contribution >= 4 is 42.6 Å². The summed E-state index contributed by atoms with van der Waals surface area (Å²) in [6.45, 7) is 2.84. The molecule has 0 bridgehead atoms. The molecule has 5 rings (SSSR count). The van der Waals surface area contributed by atoms with E-state index in [-0.39, 0.29) is 10.8 Å². The molecule has 0 saturated carbocycles. The molecule has 2 fully saturated rings. The lowest BCUT2D eigenvalue weighted by Crippen LogP contribution is -2.54. The minimum Gasteiger partial charge on any atom is -0.497 e. The van der Waals surface area contributed by atoms with Crippen molar-refractivity contribution in [2.24, 2.45) is 0 Å². The van der Waals surface area contributed by atoms with Gasteiger partial charge in [0.2, 0.25) is 15.9 Å². The van der Waals surface area contributed by atoms with Crippen LogP contribution in [-0.2, 0) is 14.8 Å². The molecule has 1 aromatic heterocycles. The maximum absolute atomic E-state index is 13.3. The van der Waals surface area contributed by atoms with Crippen molar-refractivity contribution in [1.82, 2.24) is 14.2 Å². The van der Waals surface area contributed by atoms with Crippen LogP contribution in [0.5, 0.6) is 5.75 Å². The van der Waals surface area contributed by atoms with Crippen LogP contribution in [0.4, 0.5) is 5.13 Å². The van der Waals surface area contributed by atoms with Crippen molar-refractivity contribution in [1.29, 1.82) is 0 Å². The number of carbonyl (C=O) groups excluding carboxylic acids is 1. The Hall–Kier alpha value is -2.69. The van der Waals surface area contributed by atoms with Crippen LogP contribution in [0.25, 0.3) is 10.2 Å². The first-order valence-corrected chi connectivity index (χ1v) is 13.3. The highest BCUT2D eigenvalue weighted by molar-refractivity contribution is 7.89. The van der Waals surface area contributed by atoms with Crippen molar-refractivity contribution in [2.45, 2.75) is 23.8 Å². The summed E-state index contributed by atoms with van der Waals surface area (Å²) in [6.07, 6.45) is 1.23. The summed E-state index contributed by atoms with van der Waals surface area (Å²) < 4.78 is 34.2. The number of methoxy groups -OCH3 is 1. The van der Waals surface area contributed by atoms with Gasteiger partial charge in [0.15, 0.2) is 5.13 Å². The zero-order chi connectivity index (χ0) is 23.0. The molecule has 3 heterocycles. The van der Waals surface area contributed by atoms with Gasteiger partial charge in [0.1, 0.15) is 11.8 Å². The third-order valence-electron chi connectivity index (χ3n) is 6.30. The second-order valence-electron chi connectivity index (χ2n) is 8.23. The summed E-state index contributed by atoms with van der Waals surface area (Å²) in [5, 5.41) is 0.966. The number of amides is 1. The number of ether oxygens (including phenoxy) is 1. The number of sulfonamides is 1. The van der Waals surface area contributed by atoms with Crippen molar-refractivity contribution in [3.05, 3.63) is 48.5 Å². The maximum Gasteiger partial charge on any atom is 0.243 e. The van der Waals surface area contributed by atoms with Crippen LogP contribution >= 0.6 is 11.3 Å². The smallest absolute Gasteiger partial charge is 0.243 e. The Kier molecular flexibility index (Phi) is 5.98. The number of para-hydroxylation sites is 1. The molecule has 0 aliphatic carbocycles. The van der Waals surface area contributed by atoms with E-state index in [9.17, 15) is 13.2 Å². The monoisotopic (exact) mass is 486 g/mol. The number of anilines is 1. The fourth-order valence-corrected chi connectivity index (χ4v) is 7.15. The molecular formula is C23H26N4O4S2. The number of piperazine rings is 1. The Morgan fingerprint density at radius 3 is 2.45 bits per heavy atom. The fourth-order valence-electron chi connectivity index (χ4n) is 4.48. The van der Waals surface area contributed by atoms with E-state index in [0.717, 1.165) is 15.3 Å². The van der Waals surface area contributed by atoms with Crippen molar-refractivity contribution in [2.75, 3.05) is 44.7 Å². The molecular weight excluding hydrogens is 460 g/mol. The topological polar surface area (TPSA) is 83.0 Å². The number of fused-ring (bicyclic) bond motifs is 1. The summed E-state index contributed by atoms with van der Waals surface area (Å²) in [4.78, 5) is 22.2. The van der Waals surface area contributed by atoms with E-state index in [2.05, 4.69) is 11.0 Å². The van der Waals surface area contributed by atoms with E-state index in [0.29, 0.717) is 51.3 Å². The SMILES string of the molecule is COc1ccc(S(=O)(=O)N2CCC[C@@H]2C(=O)N2CCN(c3nc4ccccc4s3)CC2)cc1. The lowest BCUT2D eigenvalue weighted by atomic mass is 10.2. The standard InChI is InChI=1S/C23H26N4O4S2/c1-31-17-8-10-18(11-9-17)33(29,30)27-12-4-6-20(27)22(28)25-13-15-26(16-14-25)23-24-19-5-2-3-7-21(19)32-23/h2-3,5,7-11,20H,4,6,12-16H2,1H3/t20-/m1/s1. The number of thiazole rings is 1. The largest absolute Gasteiger partial charge is 0.497 e. The van der Waals surface area contributed by atoms with Gasteiger partial charge in [0.25, 0.3) is 0 Å². The first-order valence-electron chi connectivity index (χ1n) is 11.0. The Balaban J connectivity index is 1.27. The summed E-state index contributed by atoms with van der Waals surface area (Å²) >= 11 is 1.66. The van der Waals surface area contributed by atoms with E-state index < -0.39 is 16.1 Å². The van der Waals surface area contributed by atoms with Gasteiger partial charge in [-0.05, 0) is 49.2 Å². The van der Waals surface area contributed by atoms with Crippen LogP contribution in [0.1, 0.15) is 12.8 Å². The van der Waals surface area contributed by atoms with Gasteiger partial charge in [-0.1, -0.05) is 23.5 Å². The van der Waals surface area contributed by atoms with Crippen molar-refractivity contribution < 1.29 is 17.9 Å². The van der Waals surface area contributed by atoms with E-state index in [1.165, 1.54) is 23.5 Å². The molecule has 2 saturated heterocycles. The summed E-state index contributed by atoms with van der Waals surface area (Å²) in [5.74, 6) is 0.488. The Bertz CT molecular complexity index is 1220. The number of rotatable bonds is 5. The van der Waals surface area contributed by atoms with Gasteiger partial charge in [0.05, 0.1) is 22.2 Å². The third-order valence-corrected chi connectivity index (χ3v) is 9.32. The normalized spacial score (nSPS) is 19.8. The molecule has 0 N–H and O–H groups in total. The van der Waals surface area contributed by atoms with Crippen molar-refractivity contribution in [3.63, 3.8) is 0 Å². The second kappa shape index (κ2) is 8.92. The lowest BCUT2D eigenvalue weighted by Gasteiger charge is -2.37. The van der Waals surface area contributed by atoms with E-state index in [1.54, 1.807) is 28.4 Å². The predicted octanol–water partition coefficient (Wildman–Crippen LogP) is 2.81. The molecule has 33 heavy (non-hydrogen) atoms. The van der Waals surface area contributed by atoms with Gasteiger partial charge in [-0.25, -0.2) is 13.4 Å².